The fourth-order valence-corrected chi connectivity index (χ4v) is 5.29. The van der Waals surface area contributed by atoms with Gasteiger partial charge in [0.05, 0.1) is 43.0 Å². The predicted octanol–water partition coefficient (Wildman–Crippen LogP) is 1.58. The fraction of sp³-hybridized carbons (Fsp3) is 0.647. The van der Waals surface area contributed by atoms with E-state index in [1.54, 1.807) is 22.5 Å². The standard InChI is InChI=1S/C17H25NO5S/c1-3-21-11-15-10-17(13-23-15)12-22-8-7-18(17)24(19,20)16-6-4-5-14(2)9-16/h4-6,9,15H,3,7-8,10-13H2,1-2H3. The Morgan fingerprint density at radius 2 is 2.21 bits per heavy atom. The van der Waals surface area contributed by atoms with Crippen LogP contribution < -0.4 is 0 Å². The van der Waals surface area contributed by atoms with Crippen molar-refractivity contribution in [2.75, 3.05) is 39.6 Å². The van der Waals surface area contributed by atoms with E-state index in [0.29, 0.717) is 50.9 Å². The number of sulfonamides is 1. The fourth-order valence-electron chi connectivity index (χ4n) is 3.44. The Labute approximate surface area is 143 Å². The van der Waals surface area contributed by atoms with E-state index in [4.69, 9.17) is 14.2 Å². The Hall–Kier alpha value is -0.990. The zero-order valence-electron chi connectivity index (χ0n) is 14.2. The Morgan fingerprint density at radius 3 is 2.96 bits per heavy atom. The summed E-state index contributed by atoms with van der Waals surface area (Å²) >= 11 is 0. The van der Waals surface area contributed by atoms with Crippen LogP contribution in [0.3, 0.4) is 0 Å². The van der Waals surface area contributed by atoms with Gasteiger partial charge < -0.3 is 14.2 Å². The van der Waals surface area contributed by atoms with Crippen molar-refractivity contribution in [3.63, 3.8) is 0 Å². The number of rotatable bonds is 5. The van der Waals surface area contributed by atoms with Crippen molar-refractivity contribution in [2.45, 2.75) is 36.8 Å². The highest BCUT2D eigenvalue weighted by Gasteiger charge is 2.51. The third-order valence-corrected chi connectivity index (χ3v) is 6.62. The minimum atomic E-state index is -3.59. The van der Waals surface area contributed by atoms with Crippen molar-refractivity contribution in [1.82, 2.24) is 4.31 Å². The number of morpholine rings is 1. The molecule has 134 valence electrons. The van der Waals surface area contributed by atoms with Gasteiger partial charge in [-0.25, -0.2) is 8.42 Å². The molecule has 0 N–H and O–H groups in total. The zero-order chi connectivity index (χ0) is 17.2. The van der Waals surface area contributed by atoms with Crippen molar-refractivity contribution in [1.29, 1.82) is 0 Å². The predicted molar refractivity (Wildman–Crippen MR) is 89.5 cm³/mol. The second kappa shape index (κ2) is 7.09. The summed E-state index contributed by atoms with van der Waals surface area (Å²) in [6.45, 7) is 6.39. The Kier molecular flexibility index (Phi) is 5.27. The molecule has 1 aromatic rings. The smallest absolute Gasteiger partial charge is 0.243 e. The molecule has 2 atom stereocenters. The molecule has 2 fully saturated rings. The molecule has 0 bridgehead atoms. The van der Waals surface area contributed by atoms with Crippen molar-refractivity contribution < 1.29 is 22.6 Å². The summed E-state index contributed by atoms with van der Waals surface area (Å²) in [4.78, 5) is 0.331. The lowest BCUT2D eigenvalue weighted by Crippen LogP contribution is -2.59. The second-order valence-electron chi connectivity index (χ2n) is 6.47. The number of nitrogens with zero attached hydrogens (tertiary/aromatic N) is 1. The molecule has 7 heteroatoms. The molecule has 0 saturated carbocycles. The third kappa shape index (κ3) is 3.36. The largest absolute Gasteiger partial charge is 0.379 e. The Morgan fingerprint density at radius 1 is 1.38 bits per heavy atom. The van der Waals surface area contributed by atoms with Crippen molar-refractivity contribution in [2.24, 2.45) is 0 Å². The maximum absolute atomic E-state index is 13.2. The van der Waals surface area contributed by atoms with Crippen LogP contribution in [0, 0.1) is 6.92 Å². The lowest BCUT2D eigenvalue weighted by molar-refractivity contribution is -0.0315. The van der Waals surface area contributed by atoms with Gasteiger partial charge in [0.2, 0.25) is 10.0 Å². The van der Waals surface area contributed by atoms with Crippen LogP contribution in [0.15, 0.2) is 29.2 Å². The molecule has 2 saturated heterocycles. The van der Waals surface area contributed by atoms with Crippen molar-refractivity contribution in [3.05, 3.63) is 29.8 Å². The van der Waals surface area contributed by atoms with Crippen LogP contribution in [-0.4, -0.2) is 63.9 Å². The van der Waals surface area contributed by atoms with Crippen molar-refractivity contribution in [3.8, 4) is 0 Å². The van der Waals surface area contributed by atoms with Crippen molar-refractivity contribution >= 4 is 10.0 Å². The third-order valence-electron chi connectivity index (χ3n) is 4.62. The maximum Gasteiger partial charge on any atom is 0.243 e. The number of aryl methyl sites for hydroxylation is 1. The van der Waals surface area contributed by atoms with Gasteiger partial charge in [0, 0.05) is 13.2 Å². The maximum atomic E-state index is 13.2. The number of hydrogen-bond acceptors (Lipinski definition) is 5. The number of benzene rings is 1. The molecule has 2 unspecified atom stereocenters. The van der Waals surface area contributed by atoms with Gasteiger partial charge >= 0.3 is 0 Å². The average molecular weight is 355 g/mol. The van der Waals surface area contributed by atoms with Crippen LogP contribution in [0.4, 0.5) is 0 Å². The summed E-state index contributed by atoms with van der Waals surface area (Å²) in [5.41, 5.74) is 0.290. The monoisotopic (exact) mass is 355 g/mol. The van der Waals surface area contributed by atoms with Gasteiger partial charge in [-0.3, -0.25) is 0 Å². The first-order valence-electron chi connectivity index (χ1n) is 8.34. The van der Waals surface area contributed by atoms with Gasteiger partial charge in [0.25, 0.3) is 0 Å². The molecule has 0 aromatic heterocycles. The molecule has 24 heavy (non-hydrogen) atoms. The summed E-state index contributed by atoms with van der Waals surface area (Å²) in [5.74, 6) is 0. The number of hydrogen-bond donors (Lipinski definition) is 0. The molecular weight excluding hydrogens is 330 g/mol. The van der Waals surface area contributed by atoms with Gasteiger partial charge in [-0.05, 0) is 38.0 Å². The highest BCUT2D eigenvalue weighted by Crippen LogP contribution is 2.37. The number of ether oxygens (including phenoxy) is 3. The lowest BCUT2D eigenvalue weighted by Gasteiger charge is -2.42. The molecule has 0 radical (unpaired) electrons. The minimum absolute atomic E-state index is 0.0955. The van der Waals surface area contributed by atoms with E-state index in [9.17, 15) is 8.42 Å². The van der Waals surface area contributed by atoms with E-state index in [-0.39, 0.29) is 6.10 Å². The summed E-state index contributed by atoms with van der Waals surface area (Å²) in [6, 6.07) is 7.04. The van der Waals surface area contributed by atoms with Gasteiger partial charge in [0.1, 0.15) is 0 Å². The van der Waals surface area contributed by atoms with E-state index in [2.05, 4.69) is 0 Å². The lowest BCUT2D eigenvalue weighted by atomic mass is 9.96. The first-order valence-corrected chi connectivity index (χ1v) is 9.78. The first-order chi connectivity index (χ1) is 11.5. The Balaban J connectivity index is 1.87. The van der Waals surface area contributed by atoms with Gasteiger partial charge in [-0.1, -0.05) is 12.1 Å². The Bertz CT molecular complexity index is 677. The normalized spacial score (nSPS) is 28.5. The van der Waals surface area contributed by atoms with Crippen LogP contribution in [0.2, 0.25) is 0 Å². The summed E-state index contributed by atoms with van der Waals surface area (Å²) in [5, 5.41) is 0. The summed E-state index contributed by atoms with van der Waals surface area (Å²) in [7, 11) is -3.59. The molecule has 0 amide bonds. The second-order valence-corrected chi connectivity index (χ2v) is 8.33. The molecule has 1 aromatic carbocycles. The van der Waals surface area contributed by atoms with Gasteiger partial charge in [-0.2, -0.15) is 4.31 Å². The van der Waals surface area contributed by atoms with E-state index >= 15 is 0 Å². The molecular formula is C17H25NO5S. The van der Waals surface area contributed by atoms with Crippen LogP contribution in [-0.2, 0) is 24.2 Å². The van der Waals surface area contributed by atoms with Crippen LogP contribution >= 0.6 is 0 Å². The highest BCUT2D eigenvalue weighted by atomic mass is 32.2. The van der Waals surface area contributed by atoms with E-state index < -0.39 is 15.6 Å². The average Bonchev–Trinajstić information content (AvgIpc) is 2.96. The minimum Gasteiger partial charge on any atom is -0.379 e. The zero-order valence-corrected chi connectivity index (χ0v) is 15.0. The van der Waals surface area contributed by atoms with Gasteiger partial charge in [-0.15, -0.1) is 0 Å². The molecule has 2 aliphatic rings. The van der Waals surface area contributed by atoms with Crippen LogP contribution in [0.1, 0.15) is 18.9 Å². The van der Waals surface area contributed by atoms with Crippen LogP contribution in [0.25, 0.3) is 0 Å². The van der Waals surface area contributed by atoms with Gasteiger partial charge in [0.15, 0.2) is 0 Å². The molecule has 2 heterocycles. The SMILES string of the molecule is CCOCC1CC2(COCCN2S(=O)(=O)c2cccc(C)c2)CO1. The summed E-state index contributed by atoms with van der Waals surface area (Å²) in [6.07, 6.45) is 0.500. The first kappa shape index (κ1) is 17.8. The van der Waals surface area contributed by atoms with E-state index in [1.807, 2.05) is 19.9 Å². The topological polar surface area (TPSA) is 65.1 Å². The quantitative estimate of drug-likeness (QED) is 0.802. The van der Waals surface area contributed by atoms with E-state index in [1.165, 1.54) is 0 Å². The molecule has 1 spiro atoms. The van der Waals surface area contributed by atoms with Crippen LogP contribution in [0.5, 0.6) is 0 Å². The highest BCUT2D eigenvalue weighted by molar-refractivity contribution is 7.89. The molecule has 6 nitrogen and oxygen atoms in total. The summed E-state index contributed by atoms with van der Waals surface area (Å²) < 4.78 is 44.9. The molecule has 3 rings (SSSR count). The van der Waals surface area contributed by atoms with E-state index in [0.717, 1.165) is 5.56 Å². The molecule has 0 aliphatic carbocycles. The molecule has 2 aliphatic heterocycles.